The number of sulfonamides is 1. The van der Waals surface area contributed by atoms with Crippen molar-refractivity contribution in [1.82, 2.24) is 24.3 Å². The van der Waals surface area contributed by atoms with E-state index in [4.69, 9.17) is 46.9 Å². The molecule has 4 aliphatic rings. The van der Waals surface area contributed by atoms with Crippen LogP contribution in [0.1, 0.15) is 91.0 Å². The number of ether oxygens (including phenoxy) is 5. The number of methoxy groups -OCH3 is 2. The number of alkyl carbamates (subject to hydrolysis) is 1. The van der Waals surface area contributed by atoms with Crippen molar-refractivity contribution in [1.29, 1.82) is 0 Å². The number of amides is 6. The third-order valence-electron chi connectivity index (χ3n) is 14.5. The highest BCUT2D eigenvalue weighted by molar-refractivity contribution is 7.99. The topological polar surface area (TPSA) is 252 Å². The van der Waals surface area contributed by atoms with Crippen molar-refractivity contribution < 1.29 is 70.8 Å². The van der Waals surface area contributed by atoms with Crippen LogP contribution in [0.3, 0.4) is 0 Å². The Bertz CT molecular complexity index is 2590. The number of thioether (sulfide) groups is 1. The van der Waals surface area contributed by atoms with E-state index in [1.165, 1.54) is 59.6 Å². The fourth-order valence-corrected chi connectivity index (χ4v) is 11.9. The first-order chi connectivity index (χ1) is 36.2. The van der Waals surface area contributed by atoms with Crippen molar-refractivity contribution in [2.24, 2.45) is 5.92 Å². The summed E-state index contributed by atoms with van der Waals surface area (Å²) in [6.45, 7) is 7.49. The first kappa shape index (κ1) is 62.9. The van der Waals surface area contributed by atoms with E-state index in [0.717, 1.165) is 21.5 Å². The lowest BCUT2D eigenvalue weighted by molar-refractivity contribution is -0.162. The Balaban J connectivity index is 1.15. The van der Waals surface area contributed by atoms with Gasteiger partial charge < -0.3 is 48.4 Å². The molecule has 428 valence electrons. The maximum absolute atomic E-state index is 14.4. The number of esters is 1. The average Bonchev–Trinajstić information content (AvgIpc) is 4.06. The van der Waals surface area contributed by atoms with E-state index in [0.29, 0.717) is 61.7 Å². The van der Waals surface area contributed by atoms with Crippen molar-refractivity contribution in [2.45, 2.75) is 134 Å². The number of benzene rings is 1. The first-order valence-electron chi connectivity index (χ1n) is 25.5. The van der Waals surface area contributed by atoms with Gasteiger partial charge in [-0.1, -0.05) is 60.3 Å². The van der Waals surface area contributed by atoms with Crippen LogP contribution in [0.15, 0.2) is 46.4 Å². The van der Waals surface area contributed by atoms with Gasteiger partial charge in [-0.05, 0) is 57.7 Å². The predicted molar refractivity (Wildman–Crippen MR) is 290 cm³/mol. The van der Waals surface area contributed by atoms with Crippen LogP contribution < -0.4 is 15.0 Å². The maximum Gasteiger partial charge on any atom is 0.409 e. The minimum absolute atomic E-state index is 0.00444. The van der Waals surface area contributed by atoms with Gasteiger partial charge in [0.1, 0.15) is 40.3 Å². The fourth-order valence-electron chi connectivity index (χ4n) is 9.29. The molecule has 2 N–H and O–H groups in total. The second-order valence-corrected chi connectivity index (χ2v) is 24.3. The molecule has 2 fully saturated rings. The zero-order valence-electron chi connectivity index (χ0n) is 45.5. The number of unbranched alkanes of at least 4 members (excludes halogenated alkanes) is 2. The normalized spacial score (nSPS) is 26.9. The van der Waals surface area contributed by atoms with Gasteiger partial charge in [-0.2, -0.15) is 11.8 Å². The number of nitrogens with one attached hydrogen (secondary N) is 1. The van der Waals surface area contributed by atoms with E-state index >= 15 is 0 Å². The standard InChI is InChI=1S/C52H74Cl2N6O15S2/c1-32-15-14-16-36(71-9)30-52(68)31-39(73-50(67)55-52)33(2)48-51(4,75-48)40(28-45(64)59(8)37-26-35(25-32)27-38(72-10)47(37)54)74-49(66)34(3)58(7)44(63)19-24-76-23-18-43(62)57(6)22-21-56(5)42(61)17-12-11-13-20-60-46(65)29-41(53)77(60,69)70/h14-16,26-27,29,33-34,36,39-40,48,68H,11-13,17-25,28,30-31H2,1-10H3,(H,55,67)/b16-14+,32-15+/t33-,34+,36-,39+,40+,48+,51?,52-/m1/s1. The molecule has 4 heterocycles. The van der Waals surface area contributed by atoms with Gasteiger partial charge in [-0.3, -0.25) is 29.3 Å². The fraction of sp³-hybridized carbons (Fsp3) is 0.635. The number of halogens is 2. The smallest absolute Gasteiger partial charge is 0.409 e. The zero-order valence-corrected chi connectivity index (χ0v) is 48.7. The van der Waals surface area contributed by atoms with E-state index < -0.39 is 86.0 Å². The number of fused-ring (bicyclic) bond motifs is 5. The summed E-state index contributed by atoms with van der Waals surface area (Å²) >= 11 is 13.9. The summed E-state index contributed by atoms with van der Waals surface area (Å²) in [5.41, 5.74) is -0.920. The van der Waals surface area contributed by atoms with Gasteiger partial charge in [0.05, 0.1) is 31.4 Å². The quantitative estimate of drug-likeness (QED) is 0.0973. The summed E-state index contributed by atoms with van der Waals surface area (Å²) in [6, 6.07) is 2.47. The van der Waals surface area contributed by atoms with Crippen LogP contribution in [0, 0.1) is 5.92 Å². The highest BCUT2D eigenvalue weighted by atomic mass is 35.5. The number of carbonyl (C=O) groups is 7. The molecular formula is C52H74Cl2N6O15S2. The van der Waals surface area contributed by atoms with Crippen LogP contribution in [0.4, 0.5) is 10.5 Å². The third-order valence-corrected chi connectivity index (χ3v) is 18.2. The van der Waals surface area contributed by atoms with Crippen LogP contribution in [-0.4, -0.2) is 189 Å². The zero-order chi connectivity index (χ0) is 57.2. The lowest BCUT2D eigenvalue weighted by Gasteiger charge is -2.40. The lowest BCUT2D eigenvalue weighted by Crippen LogP contribution is -2.59. The van der Waals surface area contributed by atoms with Crippen LogP contribution in [0.25, 0.3) is 0 Å². The molecule has 1 aromatic rings. The molecule has 6 amide bonds. The van der Waals surface area contributed by atoms with Gasteiger partial charge in [-0.15, -0.1) is 0 Å². The highest BCUT2D eigenvalue weighted by Gasteiger charge is 2.64. The van der Waals surface area contributed by atoms with E-state index in [-0.39, 0.29) is 67.8 Å². The second-order valence-electron chi connectivity index (χ2n) is 20.3. The molecule has 4 aliphatic heterocycles. The number of rotatable bonds is 20. The Morgan fingerprint density at radius 1 is 0.974 bits per heavy atom. The van der Waals surface area contributed by atoms with Gasteiger partial charge in [0.15, 0.2) is 4.36 Å². The molecule has 8 atom stereocenters. The largest absolute Gasteiger partial charge is 0.495 e. The summed E-state index contributed by atoms with van der Waals surface area (Å²) in [5, 5.41) is 14.5. The van der Waals surface area contributed by atoms with Gasteiger partial charge in [0.2, 0.25) is 23.6 Å². The SMILES string of the molecule is COc1cc2cc(c1Cl)N(C)C(=O)C[C@H](OC(=O)[C@H](C)N(C)C(=O)CCSCCC(=O)N(C)CCN(C)C(=O)CCCCCN1C(=O)C=C(Cl)S1(=O)=O)C1(C)O[C@H]1[C@H](C)[C@@H]1C[C@](O)(C[C@H](OC)/C=C/C=C(\C)C2)NC(=O)O1. The molecule has 2 saturated heterocycles. The molecule has 0 saturated carbocycles. The molecule has 0 spiro atoms. The number of hydrogen-bond acceptors (Lipinski definition) is 16. The van der Waals surface area contributed by atoms with Gasteiger partial charge >= 0.3 is 12.1 Å². The number of likely N-dealkylation sites (N-methyl/N-ethyl adjacent to an activating group) is 3. The van der Waals surface area contributed by atoms with E-state index in [9.17, 15) is 47.1 Å². The average molecular weight is 1160 g/mol. The molecule has 1 aromatic carbocycles. The molecule has 0 aliphatic carbocycles. The minimum atomic E-state index is -3.97. The number of carbonyl (C=O) groups excluding carboxylic acids is 7. The van der Waals surface area contributed by atoms with Crippen LogP contribution in [0.2, 0.25) is 5.02 Å². The van der Waals surface area contributed by atoms with Crippen molar-refractivity contribution in [3.63, 3.8) is 0 Å². The third kappa shape index (κ3) is 16.3. The van der Waals surface area contributed by atoms with Crippen molar-refractivity contribution in [2.75, 3.05) is 78.5 Å². The van der Waals surface area contributed by atoms with Gasteiger partial charge in [0, 0.05) is 111 Å². The van der Waals surface area contributed by atoms with Crippen LogP contribution in [-0.2, 0) is 64.2 Å². The maximum atomic E-state index is 14.4. The summed E-state index contributed by atoms with van der Waals surface area (Å²) in [6.07, 6.45) is 4.04. The van der Waals surface area contributed by atoms with E-state index in [1.54, 1.807) is 53.2 Å². The summed E-state index contributed by atoms with van der Waals surface area (Å²) < 4.78 is 53.9. The summed E-state index contributed by atoms with van der Waals surface area (Å²) in [5.74, 6) is -2.05. The Labute approximate surface area is 465 Å². The molecular weight excluding hydrogens is 1080 g/mol. The molecule has 77 heavy (non-hydrogen) atoms. The Morgan fingerprint density at radius 3 is 2.25 bits per heavy atom. The first-order valence-corrected chi connectivity index (χ1v) is 28.9. The number of epoxide rings is 1. The molecule has 0 radical (unpaired) electrons. The predicted octanol–water partition coefficient (Wildman–Crippen LogP) is 5.15. The monoisotopic (exact) mass is 1160 g/mol. The van der Waals surface area contributed by atoms with E-state index in [1.807, 2.05) is 19.1 Å². The van der Waals surface area contributed by atoms with Crippen molar-refractivity contribution in [3.05, 3.63) is 57.0 Å². The van der Waals surface area contributed by atoms with Crippen LogP contribution >= 0.6 is 35.0 Å². The Hall–Kier alpha value is -4.91. The molecule has 1 unspecified atom stereocenters. The highest BCUT2D eigenvalue weighted by Crippen LogP contribution is 2.49. The molecule has 5 rings (SSSR count). The van der Waals surface area contributed by atoms with Gasteiger partial charge in [-0.25, -0.2) is 22.3 Å². The van der Waals surface area contributed by atoms with Crippen molar-refractivity contribution >= 4 is 92.3 Å². The minimum Gasteiger partial charge on any atom is -0.495 e. The summed E-state index contributed by atoms with van der Waals surface area (Å²) in [7, 11) is 5.32. The van der Waals surface area contributed by atoms with E-state index in [2.05, 4.69) is 5.32 Å². The van der Waals surface area contributed by atoms with Crippen LogP contribution in [0.5, 0.6) is 5.75 Å². The number of aliphatic hydroxyl groups is 1. The Kier molecular flexibility index (Phi) is 22.3. The second kappa shape index (κ2) is 27.3. The summed E-state index contributed by atoms with van der Waals surface area (Å²) in [4.78, 5) is 98.0. The molecule has 25 heteroatoms. The number of hydrogen-bond donors (Lipinski definition) is 2. The lowest BCUT2D eigenvalue weighted by atomic mass is 9.83. The van der Waals surface area contributed by atoms with Gasteiger partial charge in [0.25, 0.3) is 15.9 Å². The number of anilines is 1. The number of allylic oxidation sites excluding steroid dienone is 3. The molecule has 4 bridgehead atoms. The number of nitrogens with zero attached hydrogens (tertiary/aromatic N) is 5. The molecule has 0 aromatic heterocycles. The van der Waals surface area contributed by atoms with Crippen molar-refractivity contribution in [3.8, 4) is 5.75 Å². The Morgan fingerprint density at radius 2 is 1.62 bits per heavy atom. The molecule has 21 nitrogen and oxygen atoms in total.